The predicted octanol–water partition coefficient (Wildman–Crippen LogP) is 3.37. The molecule has 1 aromatic rings. The van der Waals surface area contributed by atoms with Gasteiger partial charge in [0.2, 0.25) is 0 Å². The number of hydrogen-bond donors (Lipinski definition) is 0. The standard InChI is InChI=1S/C15H20ClNO3/c1-3-8-20-14-12(16)9-11(10-13(14)19-4-2)15(18)17-6-5-7-17/h9-10H,3-8H2,1-2H3. The highest BCUT2D eigenvalue weighted by Crippen LogP contribution is 2.37. The summed E-state index contributed by atoms with van der Waals surface area (Å²) in [5.41, 5.74) is 0.557. The second kappa shape index (κ2) is 6.84. The van der Waals surface area contributed by atoms with Gasteiger partial charge in [0.05, 0.1) is 18.2 Å². The van der Waals surface area contributed by atoms with Crippen molar-refractivity contribution in [3.63, 3.8) is 0 Å². The van der Waals surface area contributed by atoms with E-state index in [9.17, 15) is 4.79 Å². The van der Waals surface area contributed by atoms with E-state index in [1.54, 1.807) is 17.0 Å². The number of halogens is 1. The Morgan fingerprint density at radius 2 is 2.05 bits per heavy atom. The molecule has 0 N–H and O–H groups in total. The van der Waals surface area contributed by atoms with Crippen molar-refractivity contribution >= 4 is 17.5 Å². The van der Waals surface area contributed by atoms with Gasteiger partial charge in [0, 0.05) is 18.7 Å². The van der Waals surface area contributed by atoms with Crippen LogP contribution in [0.4, 0.5) is 0 Å². The van der Waals surface area contributed by atoms with Crippen LogP contribution in [0.3, 0.4) is 0 Å². The fourth-order valence-electron chi connectivity index (χ4n) is 2.00. The molecule has 0 saturated carbocycles. The van der Waals surface area contributed by atoms with E-state index in [4.69, 9.17) is 21.1 Å². The van der Waals surface area contributed by atoms with Gasteiger partial charge in [0.1, 0.15) is 0 Å². The SMILES string of the molecule is CCCOc1c(Cl)cc(C(=O)N2CCC2)cc1OCC. The summed E-state index contributed by atoms with van der Waals surface area (Å²) >= 11 is 6.24. The van der Waals surface area contributed by atoms with Crippen LogP contribution in [0.2, 0.25) is 5.02 Å². The normalized spacial score (nSPS) is 13.8. The van der Waals surface area contributed by atoms with E-state index in [0.29, 0.717) is 35.3 Å². The monoisotopic (exact) mass is 297 g/mol. The van der Waals surface area contributed by atoms with Gasteiger partial charge in [-0.2, -0.15) is 0 Å². The zero-order valence-corrected chi connectivity index (χ0v) is 12.7. The Labute approximate surface area is 124 Å². The van der Waals surface area contributed by atoms with Crippen LogP contribution in [0, 0.1) is 0 Å². The molecule has 0 aromatic heterocycles. The lowest BCUT2D eigenvalue weighted by Crippen LogP contribution is -2.42. The zero-order chi connectivity index (χ0) is 14.5. The Balaban J connectivity index is 2.28. The summed E-state index contributed by atoms with van der Waals surface area (Å²) in [6.45, 7) is 6.61. The van der Waals surface area contributed by atoms with Gasteiger partial charge in [-0.3, -0.25) is 4.79 Å². The van der Waals surface area contributed by atoms with E-state index in [2.05, 4.69) is 0 Å². The van der Waals surface area contributed by atoms with Crippen molar-refractivity contribution in [1.29, 1.82) is 0 Å². The highest BCUT2D eigenvalue weighted by atomic mass is 35.5. The summed E-state index contributed by atoms with van der Waals surface area (Å²) in [7, 11) is 0. The quantitative estimate of drug-likeness (QED) is 0.808. The van der Waals surface area contributed by atoms with Crippen LogP contribution in [0.15, 0.2) is 12.1 Å². The van der Waals surface area contributed by atoms with Crippen LogP contribution >= 0.6 is 11.6 Å². The molecule has 20 heavy (non-hydrogen) atoms. The summed E-state index contributed by atoms with van der Waals surface area (Å²) in [6, 6.07) is 3.39. The van der Waals surface area contributed by atoms with Gasteiger partial charge in [-0.15, -0.1) is 0 Å². The molecule has 2 rings (SSSR count). The average Bonchev–Trinajstić information content (AvgIpc) is 2.35. The van der Waals surface area contributed by atoms with Gasteiger partial charge in [-0.1, -0.05) is 18.5 Å². The number of nitrogens with zero attached hydrogens (tertiary/aromatic N) is 1. The molecule has 1 saturated heterocycles. The fourth-order valence-corrected chi connectivity index (χ4v) is 2.27. The lowest BCUT2D eigenvalue weighted by atomic mass is 10.1. The first-order valence-corrected chi connectivity index (χ1v) is 7.43. The van der Waals surface area contributed by atoms with E-state index in [0.717, 1.165) is 25.9 Å². The molecule has 110 valence electrons. The van der Waals surface area contributed by atoms with Crippen molar-refractivity contribution < 1.29 is 14.3 Å². The number of amides is 1. The second-order valence-electron chi connectivity index (χ2n) is 4.71. The van der Waals surface area contributed by atoms with E-state index in [1.165, 1.54) is 0 Å². The van der Waals surface area contributed by atoms with Crippen molar-refractivity contribution in [1.82, 2.24) is 4.90 Å². The highest BCUT2D eigenvalue weighted by molar-refractivity contribution is 6.32. The Morgan fingerprint density at radius 1 is 1.30 bits per heavy atom. The minimum absolute atomic E-state index is 0.00106. The minimum atomic E-state index is 0.00106. The number of rotatable bonds is 6. The molecule has 0 bridgehead atoms. The minimum Gasteiger partial charge on any atom is -0.490 e. The third-order valence-electron chi connectivity index (χ3n) is 3.15. The van der Waals surface area contributed by atoms with Crippen molar-refractivity contribution in [2.75, 3.05) is 26.3 Å². The summed E-state index contributed by atoms with van der Waals surface area (Å²) in [4.78, 5) is 14.0. The summed E-state index contributed by atoms with van der Waals surface area (Å²) < 4.78 is 11.2. The maximum Gasteiger partial charge on any atom is 0.254 e. The molecule has 1 aromatic carbocycles. The van der Waals surface area contributed by atoms with Crippen LogP contribution < -0.4 is 9.47 Å². The van der Waals surface area contributed by atoms with Gasteiger partial charge in [-0.25, -0.2) is 0 Å². The fraction of sp³-hybridized carbons (Fsp3) is 0.533. The molecule has 0 unspecified atom stereocenters. The highest BCUT2D eigenvalue weighted by Gasteiger charge is 2.24. The van der Waals surface area contributed by atoms with Gasteiger partial charge >= 0.3 is 0 Å². The zero-order valence-electron chi connectivity index (χ0n) is 11.9. The van der Waals surface area contributed by atoms with Crippen molar-refractivity contribution in [2.45, 2.75) is 26.7 Å². The van der Waals surface area contributed by atoms with Crippen molar-refractivity contribution in [2.24, 2.45) is 0 Å². The lowest BCUT2D eigenvalue weighted by Gasteiger charge is -2.31. The number of ether oxygens (including phenoxy) is 2. The topological polar surface area (TPSA) is 38.8 Å². The smallest absolute Gasteiger partial charge is 0.254 e. The Bertz CT molecular complexity index is 486. The van der Waals surface area contributed by atoms with E-state index >= 15 is 0 Å². The molecule has 1 heterocycles. The first kappa shape index (κ1) is 15.0. The average molecular weight is 298 g/mol. The first-order valence-electron chi connectivity index (χ1n) is 7.05. The third-order valence-corrected chi connectivity index (χ3v) is 3.43. The largest absolute Gasteiger partial charge is 0.490 e. The summed E-state index contributed by atoms with van der Waals surface area (Å²) in [5, 5.41) is 0.424. The number of carbonyl (C=O) groups is 1. The van der Waals surface area contributed by atoms with Crippen molar-refractivity contribution in [3.05, 3.63) is 22.7 Å². The molecule has 0 atom stereocenters. The van der Waals surface area contributed by atoms with Gasteiger partial charge in [-0.05, 0) is 31.9 Å². The number of benzene rings is 1. The number of carbonyl (C=O) groups excluding carboxylic acids is 1. The molecule has 0 radical (unpaired) electrons. The second-order valence-corrected chi connectivity index (χ2v) is 5.12. The molecule has 5 heteroatoms. The summed E-state index contributed by atoms with van der Waals surface area (Å²) in [5.74, 6) is 1.06. The van der Waals surface area contributed by atoms with E-state index < -0.39 is 0 Å². The third kappa shape index (κ3) is 3.18. The molecule has 1 aliphatic rings. The molecule has 1 aliphatic heterocycles. The van der Waals surface area contributed by atoms with Gasteiger partial charge in [0.15, 0.2) is 11.5 Å². The Kier molecular flexibility index (Phi) is 5.12. The maximum absolute atomic E-state index is 12.2. The van der Waals surface area contributed by atoms with Crippen molar-refractivity contribution in [3.8, 4) is 11.5 Å². The molecule has 1 amide bonds. The number of likely N-dealkylation sites (tertiary alicyclic amines) is 1. The molecule has 1 fully saturated rings. The van der Waals surface area contributed by atoms with Crippen LogP contribution in [0.25, 0.3) is 0 Å². The van der Waals surface area contributed by atoms with Gasteiger partial charge < -0.3 is 14.4 Å². The van der Waals surface area contributed by atoms with Gasteiger partial charge in [0.25, 0.3) is 5.91 Å². The van der Waals surface area contributed by atoms with E-state index in [1.807, 2.05) is 13.8 Å². The Hall–Kier alpha value is -1.42. The molecular formula is C15H20ClNO3. The summed E-state index contributed by atoms with van der Waals surface area (Å²) in [6.07, 6.45) is 1.95. The van der Waals surface area contributed by atoms with E-state index in [-0.39, 0.29) is 5.91 Å². The molecular weight excluding hydrogens is 278 g/mol. The van der Waals surface area contributed by atoms with Crippen LogP contribution in [-0.4, -0.2) is 37.1 Å². The molecule has 4 nitrogen and oxygen atoms in total. The maximum atomic E-state index is 12.2. The lowest BCUT2D eigenvalue weighted by molar-refractivity contribution is 0.0651. The van der Waals surface area contributed by atoms with Crippen LogP contribution in [0.1, 0.15) is 37.0 Å². The Morgan fingerprint density at radius 3 is 2.60 bits per heavy atom. The van der Waals surface area contributed by atoms with Crippen LogP contribution in [-0.2, 0) is 0 Å². The predicted molar refractivity (Wildman–Crippen MR) is 78.9 cm³/mol. The van der Waals surface area contributed by atoms with Crippen LogP contribution in [0.5, 0.6) is 11.5 Å². The number of hydrogen-bond acceptors (Lipinski definition) is 3. The first-order chi connectivity index (χ1) is 9.67. The molecule has 0 spiro atoms. The molecule has 0 aliphatic carbocycles.